The fourth-order valence-corrected chi connectivity index (χ4v) is 6.27. The summed E-state index contributed by atoms with van der Waals surface area (Å²) in [6, 6.07) is 0. The molecule has 0 bridgehead atoms. The van der Waals surface area contributed by atoms with Crippen molar-refractivity contribution in [2.45, 2.75) is 148 Å². The number of Topliss-reactive ketones (excluding diaryl/α,β-unsaturated/α-hetero) is 4. The van der Waals surface area contributed by atoms with Gasteiger partial charge in [0.05, 0.1) is 0 Å². The second-order valence-electron chi connectivity index (χ2n) is 14.8. The number of hydrogen-bond acceptors (Lipinski definition) is 10. The molecule has 10 nitrogen and oxygen atoms in total. The number of hydrogen-bond donors (Lipinski definition) is 6. The van der Waals surface area contributed by atoms with Gasteiger partial charge >= 0.3 is 0 Å². The normalized spacial score (nSPS) is 24.7. The third kappa shape index (κ3) is 12.2. The molecule has 2 saturated carbocycles. The van der Waals surface area contributed by atoms with Gasteiger partial charge in [-0.1, -0.05) is 74.7 Å². The molecule has 0 aromatic carbocycles. The van der Waals surface area contributed by atoms with Crippen molar-refractivity contribution in [3.05, 3.63) is 0 Å². The predicted octanol–water partition coefficient (Wildman–Crippen LogP) is 3.30. The molecule has 4 aliphatic rings. The van der Waals surface area contributed by atoms with E-state index in [1.165, 1.54) is 0 Å². The van der Waals surface area contributed by atoms with E-state index in [4.69, 9.17) is 0 Å². The van der Waals surface area contributed by atoms with Gasteiger partial charge in [-0.15, -0.1) is 0 Å². The van der Waals surface area contributed by atoms with Crippen molar-refractivity contribution in [2.24, 2.45) is 23.7 Å². The highest BCUT2D eigenvalue weighted by Gasteiger charge is 2.43. The molecular formula is C35H64N2O8. The van der Waals surface area contributed by atoms with Gasteiger partial charge in [0.25, 0.3) is 0 Å². The lowest BCUT2D eigenvalue weighted by Gasteiger charge is -2.36. The van der Waals surface area contributed by atoms with Crippen molar-refractivity contribution < 1.29 is 39.6 Å². The van der Waals surface area contributed by atoms with Crippen molar-refractivity contribution in [3.63, 3.8) is 0 Å². The molecule has 45 heavy (non-hydrogen) atoms. The lowest BCUT2D eigenvalue weighted by Crippen LogP contribution is -2.49. The smallest absolute Gasteiger partial charge is 0.168 e. The molecule has 2 aliphatic heterocycles. The molecule has 4 rings (SSSR count). The molecule has 0 spiro atoms. The van der Waals surface area contributed by atoms with Crippen LogP contribution in [0.4, 0.5) is 0 Å². The van der Waals surface area contributed by atoms with Crippen LogP contribution in [0.1, 0.15) is 126 Å². The maximum absolute atomic E-state index is 11.6. The average Bonchev–Trinajstić information content (AvgIpc) is 3.43. The topological polar surface area (TPSA) is 173 Å². The molecule has 2 aliphatic carbocycles. The van der Waals surface area contributed by atoms with Crippen LogP contribution in [0.15, 0.2) is 0 Å². The summed E-state index contributed by atoms with van der Waals surface area (Å²) in [5.74, 6) is -0.196. The van der Waals surface area contributed by atoms with E-state index in [1.807, 2.05) is 55.4 Å². The molecule has 6 N–H and O–H groups in total. The lowest BCUT2D eigenvalue weighted by atomic mass is 9.74. The molecule has 0 amide bonds. The van der Waals surface area contributed by atoms with Gasteiger partial charge in [0.1, 0.15) is 22.4 Å². The Morgan fingerprint density at radius 2 is 0.711 bits per heavy atom. The summed E-state index contributed by atoms with van der Waals surface area (Å²) in [6.07, 6.45) is 8.51. The van der Waals surface area contributed by atoms with Crippen molar-refractivity contribution in [2.75, 3.05) is 26.2 Å². The average molecular weight is 641 g/mol. The van der Waals surface area contributed by atoms with E-state index in [-0.39, 0.29) is 46.8 Å². The van der Waals surface area contributed by atoms with Crippen molar-refractivity contribution in [1.82, 2.24) is 10.6 Å². The molecule has 1 atom stereocenters. The number of nitrogens with one attached hydrogen (secondary N) is 2. The Hall–Kier alpha value is -1.56. The molecule has 2 heterocycles. The number of ketones is 4. The van der Waals surface area contributed by atoms with Gasteiger partial charge in [0, 0.05) is 30.2 Å². The number of carbonyl (C=O) groups is 4. The van der Waals surface area contributed by atoms with Gasteiger partial charge in [-0.3, -0.25) is 19.2 Å². The van der Waals surface area contributed by atoms with Crippen LogP contribution < -0.4 is 10.6 Å². The van der Waals surface area contributed by atoms with Crippen molar-refractivity contribution >= 4 is 23.1 Å². The van der Waals surface area contributed by atoms with E-state index in [0.29, 0.717) is 51.5 Å². The first-order valence-corrected chi connectivity index (χ1v) is 17.2. The standard InChI is InChI=1S/C10H18O2.C9H17NO2.C8H15NO2.C8H14O2/c1-8(2)9(11)10(12)6-4-3-5-7-10;1-7(2)8(11)9(12)3-5-10-6-4-9;1-6(2)7(10)8(11)3-4-9-5-8;1-6(2)7(9)8(10)4-3-5-8/h8,12H,3-7H2,1-2H3;7,10,12H,3-6H2,1-2H3;6,9,11H,3-5H2,1-2H3;6,10H,3-5H2,1-2H3. The maximum Gasteiger partial charge on any atom is 0.168 e. The van der Waals surface area contributed by atoms with E-state index in [1.54, 1.807) is 0 Å². The largest absolute Gasteiger partial charge is 0.382 e. The zero-order valence-electron chi connectivity index (χ0n) is 29.3. The van der Waals surface area contributed by atoms with Crippen LogP contribution in [0, 0.1) is 23.7 Å². The minimum absolute atomic E-state index is 0.0102. The molecule has 0 aromatic rings. The van der Waals surface area contributed by atoms with Crippen LogP contribution >= 0.6 is 0 Å². The summed E-state index contributed by atoms with van der Waals surface area (Å²) in [5.41, 5.74) is -4.03. The van der Waals surface area contributed by atoms with E-state index < -0.39 is 22.4 Å². The highest BCUT2D eigenvalue weighted by Crippen LogP contribution is 2.34. The van der Waals surface area contributed by atoms with Crippen LogP contribution in [0.2, 0.25) is 0 Å². The molecule has 1 unspecified atom stereocenters. The fourth-order valence-electron chi connectivity index (χ4n) is 6.27. The number of aliphatic hydroxyl groups is 4. The van der Waals surface area contributed by atoms with E-state index in [0.717, 1.165) is 45.3 Å². The SMILES string of the molecule is CC(C)C(=O)C1(O)CCC1.CC(C)C(=O)C1(O)CCCCC1.CC(C)C(=O)C1(O)CCNC1.CC(C)C(=O)C1(O)CCNCC1. The van der Waals surface area contributed by atoms with Gasteiger partial charge in [0.2, 0.25) is 0 Å². The van der Waals surface area contributed by atoms with E-state index in [2.05, 4.69) is 10.6 Å². The Bertz CT molecular complexity index is 913. The minimum Gasteiger partial charge on any atom is -0.382 e. The summed E-state index contributed by atoms with van der Waals surface area (Å²) in [6.45, 7) is 17.3. The van der Waals surface area contributed by atoms with E-state index in [9.17, 15) is 39.6 Å². The Balaban J connectivity index is 0.000000301. The van der Waals surface area contributed by atoms with Gasteiger partial charge in [-0.2, -0.15) is 0 Å². The molecule has 10 heteroatoms. The quantitative estimate of drug-likeness (QED) is 0.231. The molecule has 2 saturated heterocycles. The summed E-state index contributed by atoms with van der Waals surface area (Å²) >= 11 is 0. The summed E-state index contributed by atoms with van der Waals surface area (Å²) in [4.78, 5) is 45.7. The summed E-state index contributed by atoms with van der Waals surface area (Å²) in [7, 11) is 0. The number of piperidine rings is 1. The van der Waals surface area contributed by atoms with Gasteiger partial charge < -0.3 is 31.1 Å². The molecular weight excluding hydrogens is 576 g/mol. The Morgan fingerprint density at radius 1 is 0.422 bits per heavy atom. The third-order valence-corrected chi connectivity index (χ3v) is 9.36. The molecule has 0 aromatic heterocycles. The lowest BCUT2D eigenvalue weighted by molar-refractivity contribution is -0.149. The molecule has 0 radical (unpaired) electrons. The Morgan fingerprint density at radius 3 is 1.00 bits per heavy atom. The monoisotopic (exact) mass is 640 g/mol. The predicted molar refractivity (Wildman–Crippen MR) is 176 cm³/mol. The molecule has 4 fully saturated rings. The second kappa shape index (κ2) is 18.1. The highest BCUT2D eigenvalue weighted by atomic mass is 16.3. The van der Waals surface area contributed by atoms with E-state index >= 15 is 0 Å². The number of β-amino-alcohol motifs (C(OH)–C–C–N with tert-alkyl or cyclic N) is 1. The van der Waals surface area contributed by atoms with Gasteiger partial charge in [0.15, 0.2) is 23.1 Å². The van der Waals surface area contributed by atoms with Crippen LogP contribution in [0.5, 0.6) is 0 Å². The van der Waals surface area contributed by atoms with Crippen LogP contribution in [-0.2, 0) is 19.2 Å². The number of rotatable bonds is 8. The Labute approximate surface area is 271 Å². The highest BCUT2D eigenvalue weighted by molar-refractivity contribution is 5.90. The second-order valence-corrected chi connectivity index (χ2v) is 14.8. The zero-order chi connectivity index (χ0) is 34.6. The maximum atomic E-state index is 11.6. The van der Waals surface area contributed by atoms with Crippen LogP contribution in [-0.4, -0.2) is 92.1 Å². The van der Waals surface area contributed by atoms with Crippen molar-refractivity contribution in [1.29, 1.82) is 0 Å². The summed E-state index contributed by atoms with van der Waals surface area (Å²) < 4.78 is 0. The van der Waals surface area contributed by atoms with Gasteiger partial charge in [-0.05, 0) is 71.0 Å². The van der Waals surface area contributed by atoms with Crippen LogP contribution in [0.25, 0.3) is 0 Å². The zero-order valence-corrected chi connectivity index (χ0v) is 29.3. The Kier molecular flexibility index (Phi) is 16.7. The molecule has 262 valence electrons. The third-order valence-electron chi connectivity index (χ3n) is 9.36. The minimum atomic E-state index is -1.08. The fraction of sp³-hybridized carbons (Fsp3) is 0.886. The first-order valence-electron chi connectivity index (χ1n) is 17.2. The summed E-state index contributed by atoms with van der Waals surface area (Å²) in [5, 5.41) is 45.2. The van der Waals surface area contributed by atoms with Crippen molar-refractivity contribution in [3.8, 4) is 0 Å². The first-order chi connectivity index (χ1) is 20.7. The number of carbonyl (C=O) groups excluding carboxylic acids is 4. The first kappa shape index (κ1) is 41.5. The van der Waals surface area contributed by atoms with Gasteiger partial charge in [-0.25, -0.2) is 0 Å². The van der Waals surface area contributed by atoms with Crippen LogP contribution in [0.3, 0.4) is 0 Å².